The van der Waals surface area contributed by atoms with Crippen molar-refractivity contribution in [2.75, 3.05) is 24.6 Å². The molecular weight excluding hydrogens is 526 g/mol. The standard InChI is InChI=1S/C15H20F5N3O4S.C2HF3O2/c1-2-7-27-15(8-21-9-15)13(14(25)22-26)23(10-24)11-3-5-12(6-4-11)28(16,17,18,19)20;3-2(4,5)1(6)7/h3-6,10,13,21,26H,2,7-9H2,1H3,(H,22,25);(H,6,7). The van der Waals surface area contributed by atoms with E-state index in [1.165, 1.54) is 5.48 Å². The number of aliphatic carboxylic acids is 1. The molecule has 35 heavy (non-hydrogen) atoms. The predicted molar refractivity (Wildman–Crippen MR) is 106 cm³/mol. The summed E-state index contributed by atoms with van der Waals surface area (Å²) in [6, 6.07) is 0.131. The maximum absolute atomic E-state index is 12.9. The van der Waals surface area contributed by atoms with E-state index >= 15 is 0 Å². The minimum Gasteiger partial charge on any atom is -0.475 e. The molecule has 0 aromatic heterocycles. The van der Waals surface area contributed by atoms with Crippen LogP contribution in [-0.4, -0.2) is 66.1 Å². The third-order valence-corrected chi connectivity index (χ3v) is 5.68. The maximum Gasteiger partial charge on any atom is 0.490 e. The van der Waals surface area contributed by atoms with E-state index in [9.17, 15) is 42.2 Å². The predicted octanol–water partition coefficient (Wildman–Crippen LogP) is 3.58. The van der Waals surface area contributed by atoms with Crippen LogP contribution in [0.1, 0.15) is 13.3 Å². The first-order valence-corrected chi connectivity index (χ1v) is 11.3. The second-order valence-electron chi connectivity index (χ2n) is 7.17. The Morgan fingerprint density at radius 1 is 1.20 bits per heavy atom. The Bertz CT molecular complexity index is 923. The van der Waals surface area contributed by atoms with Gasteiger partial charge in [-0.1, -0.05) is 26.4 Å². The highest BCUT2D eigenvalue weighted by atomic mass is 32.5. The number of hydroxylamine groups is 1. The normalized spacial score (nSPS) is 17.9. The van der Waals surface area contributed by atoms with E-state index in [1.54, 1.807) is 6.92 Å². The van der Waals surface area contributed by atoms with Crippen LogP contribution in [0.4, 0.5) is 38.3 Å². The van der Waals surface area contributed by atoms with Gasteiger partial charge in [0.1, 0.15) is 16.5 Å². The van der Waals surface area contributed by atoms with Crippen molar-refractivity contribution in [3.05, 3.63) is 24.3 Å². The van der Waals surface area contributed by atoms with Crippen LogP contribution in [0.3, 0.4) is 0 Å². The van der Waals surface area contributed by atoms with E-state index in [0.717, 1.165) is 4.90 Å². The van der Waals surface area contributed by atoms with Crippen LogP contribution < -0.4 is 15.7 Å². The number of benzene rings is 1. The molecule has 18 heteroatoms. The molecule has 1 unspecified atom stereocenters. The molecule has 0 aliphatic carbocycles. The molecule has 1 saturated heterocycles. The van der Waals surface area contributed by atoms with Gasteiger partial charge in [-0.05, 0) is 30.7 Å². The van der Waals surface area contributed by atoms with Crippen LogP contribution in [-0.2, 0) is 19.1 Å². The molecule has 1 aliphatic rings. The third-order valence-electron chi connectivity index (χ3n) is 4.51. The Balaban J connectivity index is 0.000000762. The molecule has 1 atom stereocenters. The highest BCUT2D eigenvalue weighted by molar-refractivity contribution is 8.45. The summed E-state index contributed by atoms with van der Waals surface area (Å²) in [4.78, 5) is 31.4. The zero-order valence-electron chi connectivity index (χ0n) is 17.7. The van der Waals surface area contributed by atoms with Crippen molar-refractivity contribution < 1.29 is 62.0 Å². The molecule has 0 radical (unpaired) electrons. The molecule has 4 N–H and O–H groups in total. The number of carboxylic acids is 1. The van der Waals surface area contributed by atoms with Crippen LogP contribution in [0, 0.1) is 0 Å². The largest absolute Gasteiger partial charge is 0.490 e. The number of hydrogen-bond acceptors (Lipinski definition) is 6. The van der Waals surface area contributed by atoms with Gasteiger partial charge in [-0.25, -0.2) is 10.3 Å². The molecule has 1 aromatic rings. The number of nitrogens with one attached hydrogen (secondary N) is 2. The van der Waals surface area contributed by atoms with E-state index in [1.807, 2.05) is 0 Å². The van der Waals surface area contributed by atoms with Gasteiger partial charge < -0.3 is 15.2 Å². The quantitative estimate of drug-likeness (QED) is 0.161. The lowest BCUT2D eigenvalue weighted by atomic mass is 9.85. The summed E-state index contributed by atoms with van der Waals surface area (Å²) >= 11 is 0. The molecule has 0 bridgehead atoms. The lowest BCUT2D eigenvalue weighted by molar-refractivity contribution is -0.192. The van der Waals surface area contributed by atoms with Crippen molar-refractivity contribution in [1.29, 1.82) is 0 Å². The molecule has 1 aromatic carbocycles. The van der Waals surface area contributed by atoms with Crippen molar-refractivity contribution >= 4 is 34.2 Å². The summed E-state index contributed by atoms with van der Waals surface area (Å²) in [5.74, 6) is -3.80. The first kappa shape index (κ1) is 30.3. The number of carbonyl (C=O) groups excluding carboxylic acids is 2. The fourth-order valence-electron chi connectivity index (χ4n) is 2.88. The number of nitrogens with zero attached hydrogens (tertiary/aromatic N) is 1. The molecule has 1 aliphatic heterocycles. The summed E-state index contributed by atoms with van der Waals surface area (Å²) in [7, 11) is -9.88. The topological polar surface area (TPSA) is 128 Å². The molecular formula is C17H21F8N3O6S. The molecule has 202 valence electrons. The second-order valence-corrected chi connectivity index (χ2v) is 9.58. The number of hydrogen-bond donors (Lipinski definition) is 4. The number of carbonyl (C=O) groups is 3. The average molecular weight is 547 g/mol. The van der Waals surface area contributed by atoms with Crippen LogP contribution in [0.5, 0.6) is 0 Å². The van der Waals surface area contributed by atoms with Gasteiger partial charge in [0, 0.05) is 25.4 Å². The highest BCUT2D eigenvalue weighted by Crippen LogP contribution is 3.02. The van der Waals surface area contributed by atoms with E-state index in [2.05, 4.69) is 5.32 Å². The van der Waals surface area contributed by atoms with Crippen molar-refractivity contribution in [1.82, 2.24) is 10.8 Å². The molecule has 0 saturated carbocycles. The fourth-order valence-corrected chi connectivity index (χ4v) is 3.53. The van der Waals surface area contributed by atoms with E-state index < -0.39 is 44.8 Å². The summed E-state index contributed by atoms with van der Waals surface area (Å²) < 4.78 is 102. The highest BCUT2D eigenvalue weighted by Gasteiger charge is 2.65. The van der Waals surface area contributed by atoms with Crippen LogP contribution in [0.15, 0.2) is 29.2 Å². The van der Waals surface area contributed by atoms with Gasteiger partial charge in [0.05, 0.1) is 0 Å². The monoisotopic (exact) mass is 547 g/mol. The van der Waals surface area contributed by atoms with E-state index in [0.29, 0.717) is 18.6 Å². The van der Waals surface area contributed by atoms with Crippen molar-refractivity contribution in [2.24, 2.45) is 0 Å². The number of halogens is 8. The molecule has 2 rings (SSSR count). The summed E-state index contributed by atoms with van der Waals surface area (Å²) in [5, 5.41) is 19.1. The average Bonchev–Trinajstić information content (AvgIpc) is 2.70. The van der Waals surface area contributed by atoms with Crippen LogP contribution >= 0.6 is 10.2 Å². The van der Waals surface area contributed by atoms with Gasteiger partial charge in [0.15, 0.2) is 0 Å². The SMILES string of the molecule is CCCOC1(C(C(=O)NO)N(C=O)c2ccc(S(F)(F)(F)(F)F)cc2)CNC1.O=C(O)C(F)(F)F. The van der Waals surface area contributed by atoms with E-state index in [4.69, 9.17) is 19.8 Å². The third kappa shape index (κ3) is 7.91. The van der Waals surface area contributed by atoms with Crippen LogP contribution in [0.25, 0.3) is 0 Å². The van der Waals surface area contributed by atoms with Gasteiger partial charge in [-0.15, -0.1) is 0 Å². The lowest BCUT2D eigenvalue weighted by Crippen LogP contribution is -2.74. The molecule has 0 spiro atoms. The maximum atomic E-state index is 12.9. The minimum absolute atomic E-state index is 0.124. The zero-order chi connectivity index (χ0) is 27.4. The zero-order valence-corrected chi connectivity index (χ0v) is 18.5. The Labute approximate surface area is 192 Å². The first-order chi connectivity index (χ1) is 15.7. The Hall–Kier alpha value is -2.70. The van der Waals surface area contributed by atoms with E-state index in [-0.39, 0.29) is 43.9 Å². The lowest BCUT2D eigenvalue weighted by Gasteiger charge is -2.49. The number of ether oxygens (including phenoxy) is 1. The molecule has 2 amide bonds. The summed E-state index contributed by atoms with van der Waals surface area (Å²) in [5.41, 5.74) is -0.0908. The Kier molecular flexibility index (Phi) is 8.45. The number of carboxylic acid groups (broad SMARTS) is 1. The first-order valence-electron chi connectivity index (χ1n) is 9.39. The van der Waals surface area contributed by atoms with Crippen molar-refractivity contribution in [3.63, 3.8) is 0 Å². The second kappa shape index (κ2) is 9.75. The summed E-state index contributed by atoms with van der Waals surface area (Å²) in [6.07, 6.45) is -4.35. The number of rotatable bonds is 9. The fraction of sp³-hybridized carbons (Fsp3) is 0.471. The molecule has 9 nitrogen and oxygen atoms in total. The minimum atomic E-state index is -9.88. The number of amides is 2. The van der Waals surface area contributed by atoms with Gasteiger partial charge >= 0.3 is 22.4 Å². The summed E-state index contributed by atoms with van der Waals surface area (Å²) in [6.45, 7) is 2.27. The molecule has 1 fully saturated rings. The number of alkyl halides is 3. The van der Waals surface area contributed by atoms with Gasteiger partial charge in [0.25, 0.3) is 5.91 Å². The van der Waals surface area contributed by atoms with Crippen molar-refractivity contribution in [2.45, 2.75) is 36.1 Å². The Morgan fingerprint density at radius 2 is 1.69 bits per heavy atom. The van der Waals surface area contributed by atoms with Crippen molar-refractivity contribution in [3.8, 4) is 0 Å². The molecule has 1 heterocycles. The van der Waals surface area contributed by atoms with Gasteiger partial charge in [-0.3, -0.25) is 19.7 Å². The van der Waals surface area contributed by atoms with Crippen LogP contribution in [0.2, 0.25) is 0 Å². The van der Waals surface area contributed by atoms with Gasteiger partial charge in [-0.2, -0.15) is 13.2 Å². The smallest absolute Gasteiger partial charge is 0.475 e. The van der Waals surface area contributed by atoms with Gasteiger partial charge in [0.2, 0.25) is 6.41 Å². The Morgan fingerprint density at radius 3 is 1.97 bits per heavy atom. The number of anilines is 1.